The Labute approximate surface area is 179 Å². The maximum Gasteiger partial charge on any atom is 0.275 e. The first-order chi connectivity index (χ1) is 13.5. The molecule has 0 fully saturated rings. The van der Waals surface area contributed by atoms with Crippen molar-refractivity contribution < 1.29 is 14.6 Å². The Kier molecular flexibility index (Phi) is 6.84. The van der Waals surface area contributed by atoms with Crippen LogP contribution in [0.2, 0.25) is 0 Å². The van der Waals surface area contributed by atoms with Gasteiger partial charge in [-0.3, -0.25) is 4.79 Å². The molecule has 3 rings (SSSR count). The van der Waals surface area contributed by atoms with Crippen molar-refractivity contribution in [3.05, 3.63) is 92.4 Å². The summed E-state index contributed by atoms with van der Waals surface area (Å²) in [5.74, 6) is 0.0927. The number of nitrogens with one attached hydrogen (secondary N) is 1. The number of hydrazone groups is 1. The third-order valence-electron chi connectivity index (χ3n) is 3.78. The predicted molar refractivity (Wildman–Crippen MR) is 116 cm³/mol. The maximum absolute atomic E-state index is 12.0. The second kappa shape index (κ2) is 9.52. The number of phenolic OH excluding ortho intramolecular Hbond substituents is 1. The largest absolute Gasteiger partial charge is 0.507 e. The monoisotopic (exact) mass is 502 g/mol. The molecule has 0 aliphatic rings. The van der Waals surface area contributed by atoms with Gasteiger partial charge in [-0.2, -0.15) is 5.10 Å². The fourth-order valence-corrected chi connectivity index (χ4v) is 3.86. The lowest BCUT2D eigenvalue weighted by Crippen LogP contribution is -2.17. The molecule has 5 nitrogen and oxygen atoms in total. The van der Waals surface area contributed by atoms with Gasteiger partial charge in [-0.15, -0.1) is 0 Å². The zero-order valence-electron chi connectivity index (χ0n) is 14.6. The molecule has 0 bridgehead atoms. The molecule has 0 heterocycles. The molecule has 3 aromatic rings. The summed E-state index contributed by atoms with van der Waals surface area (Å²) in [7, 11) is 0. The first-order valence-corrected chi connectivity index (χ1v) is 9.90. The Morgan fingerprint density at radius 3 is 2.36 bits per heavy atom. The average Bonchev–Trinajstić information content (AvgIpc) is 2.68. The van der Waals surface area contributed by atoms with Crippen LogP contribution >= 0.6 is 31.9 Å². The molecule has 0 spiro atoms. The van der Waals surface area contributed by atoms with Crippen molar-refractivity contribution in [3.8, 4) is 11.5 Å². The highest BCUT2D eigenvalue weighted by molar-refractivity contribution is 9.11. The zero-order valence-corrected chi connectivity index (χ0v) is 17.8. The van der Waals surface area contributed by atoms with E-state index in [1.54, 1.807) is 12.1 Å². The lowest BCUT2D eigenvalue weighted by atomic mass is 10.2. The van der Waals surface area contributed by atoms with Crippen molar-refractivity contribution >= 4 is 44.0 Å². The van der Waals surface area contributed by atoms with Crippen molar-refractivity contribution in [2.45, 2.75) is 6.61 Å². The van der Waals surface area contributed by atoms with E-state index in [4.69, 9.17) is 4.74 Å². The minimum absolute atomic E-state index is 0.0967. The van der Waals surface area contributed by atoms with Crippen molar-refractivity contribution in [3.63, 3.8) is 0 Å². The fraction of sp³-hybridized carbons (Fsp3) is 0.0476. The van der Waals surface area contributed by atoms with Crippen molar-refractivity contribution in [1.82, 2.24) is 5.43 Å². The van der Waals surface area contributed by atoms with Crippen LogP contribution in [-0.2, 0) is 6.61 Å². The molecule has 2 N–H and O–H groups in total. The van der Waals surface area contributed by atoms with E-state index in [0.29, 0.717) is 12.4 Å². The van der Waals surface area contributed by atoms with Crippen molar-refractivity contribution in [2.75, 3.05) is 0 Å². The highest BCUT2D eigenvalue weighted by Crippen LogP contribution is 2.35. The predicted octanol–water partition coefficient (Wildman–Crippen LogP) is 5.26. The van der Waals surface area contributed by atoms with E-state index in [1.807, 2.05) is 42.5 Å². The number of ether oxygens (including phenoxy) is 1. The molecule has 142 valence electrons. The number of hydrogen-bond donors (Lipinski definition) is 2. The number of carbonyl (C=O) groups excluding carboxylic acids is 1. The number of nitrogens with zero attached hydrogens (tertiary/aromatic N) is 1. The number of aromatic hydroxyl groups is 1. The van der Waals surface area contributed by atoms with Gasteiger partial charge in [0.1, 0.15) is 18.1 Å². The number of carbonyl (C=O) groups is 1. The van der Waals surface area contributed by atoms with Crippen molar-refractivity contribution in [2.24, 2.45) is 5.10 Å². The van der Waals surface area contributed by atoms with E-state index < -0.39 is 5.91 Å². The standard InChI is InChI=1S/C21H16Br2N2O3/c22-17-10-15(12-24-25-21(27)16-8-4-5-9-19(16)26)11-18(23)20(17)28-13-14-6-2-1-3-7-14/h1-12,26H,13H2,(H,25,27)/b24-12-. The third-order valence-corrected chi connectivity index (χ3v) is 4.95. The molecule has 0 radical (unpaired) electrons. The van der Waals surface area contributed by atoms with Crippen LogP contribution in [0, 0.1) is 0 Å². The highest BCUT2D eigenvalue weighted by atomic mass is 79.9. The molecule has 0 aliphatic heterocycles. The van der Waals surface area contributed by atoms with Crippen LogP contribution in [0.25, 0.3) is 0 Å². The number of benzene rings is 3. The number of halogens is 2. The SMILES string of the molecule is O=C(N/N=C\c1cc(Br)c(OCc2ccccc2)c(Br)c1)c1ccccc1O. The summed E-state index contributed by atoms with van der Waals surface area (Å²) in [6, 6.07) is 19.8. The molecule has 0 saturated heterocycles. The summed E-state index contributed by atoms with van der Waals surface area (Å²) in [6.07, 6.45) is 1.51. The van der Waals surface area contributed by atoms with Crippen molar-refractivity contribution in [1.29, 1.82) is 0 Å². The van der Waals surface area contributed by atoms with Crippen LogP contribution in [-0.4, -0.2) is 17.2 Å². The first kappa shape index (κ1) is 20.1. The summed E-state index contributed by atoms with van der Waals surface area (Å²) in [5, 5.41) is 13.6. The maximum atomic E-state index is 12.0. The number of para-hydroxylation sites is 1. The lowest BCUT2D eigenvalue weighted by molar-refractivity contribution is 0.0952. The van der Waals surface area contributed by atoms with E-state index in [9.17, 15) is 9.90 Å². The van der Waals surface area contributed by atoms with Gasteiger partial charge in [0.25, 0.3) is 5.91 Å². The molecule has 3 aromatic carbocycles. The van der Waals surface area contributed by atoms with Gasteiger partial charge in [-0.1, -0.05) is 42.5 Å². The molecule has 28 heavy (non-hydrogen) atoms. The Bertz CT molecular complexity index is 985. The molecular formula is C21H16Br2N2O3. The zero-order chi connectivity index (χ0) is 19.9. The normalized spacial score (nSPS) is 10.8. The molecule has 0 unspecified atom stereocenters. The molecule has 0 aromatic heterocycles. The second-order valence-corrected chi connectivity index (χ2v) is 7.51. The average molecular weight is 504 g/mol. The fourth-order valence-electron chi connectivity index (χ4n) is 2.41. The number of rotatable bonds is 6. The smallest absolute Gasteiger partial charge is 0.275 e. The molecule has 0 atom stereocenters. The summed E-state index contributed by atoms with van der Waals surface area (Å²) >= 11 is 7.00. The number of phenols is 1. The third kappa shape index (κ3) is 5.21. The Morgan fingerprint density at radius 1 is 1.04 bits per heavy atom. The van der Waals surface area contributed by atoms with Gasteiger partial charge in [0, 0.05) is 0 Å². The quantitative estimate of drug-likeness (QED) is 0.356. The molecule has 0 saturated carbocycles. The summed E-state index contributed by atoms with van der Waals surface area (Å²) in [6.45, 7) is 0.447. The Balaban J connectivity index is 1.66. The van der Waals surface area contributed by atoms with E-state index >= 15 is 0 Å². The Morgan fingerprint density at radius 2 is 1.68 bits per heavy atom. The summed E-state index contributed by atoms with van der Waals surface area (Å²) in [4.78, 5) is 12.0. The van der Waals surface area contributed by atoms with Crippen LogP contribution in [0.15, 0.2) is 80.8 Å². The Hall–Kier alpha value is -2.64. The van der Waals surface area contributed by atoms with Crippen LogP contribution < -0.4 is 10.2 Å². The lowest BCUT2D eigenvalue weighted by Gasteiger charge is -2.11. The van der Waals surface area contributed by atoms with Gasteiger partial charge in [-0.25, -0.2) is 5.43 Å². The molecule has 0 aliphatic carbocycles. The minimum atomic E-state index is -0.490. The van der Waals surface area contributed by atoms with Crippen LogP contribution in [0.5, 0.6) is 11.5 Å². The van der Waals surface area contributed by atoms with Gasteiger partial charge in [0.2, 0.25) is 0 Å². The highest BCUT2D eigenvalue weighted by Gasteiger charge is 2.10. The van der Waals surface area contributed by atoms with Gasteiger partial charge in [-0.05, 0) is 67.3 Å². The van der Waals surface area contributed by atoms with E-state index in [0.717, 1.165) is 20.1 Å². The van der Waals surface area contributed by atoms with Gasteiger partial charge >= 0.3 is 0 Å². The van der Waals surface area contributed by atoms with Gasteiger partial charge in [0.15, 0.2) is 0 Å². The minimum Gasteiger partial charge on any atom is -0.507 e. The first-order valence-electron chi connectivity index (χ1n) is 8.32. The summed E-state index contributed by atoms with van der Waals surface area (Å²) in [5.41, 5.74) is 4.38. The molecular weight excluding hydrogens is 488 g/mol. The second-order valence-electron chi connectivity index (χ2n) is 5.80. The van der Waals surface area contributed by atoms with Gasteiger partial charge < -0.3 is 9.84 Å². The van der Waals surface area contributed by atoms with E-state index in [-0.39, 0.29) is 11.3 Å². The van der Waals surface area contributed by atoms with E-state index in [1.165, 1.54) is 18.3 Å². The van der Waals surface area contributed by atoms with Gasteiger partial charge in [0.05, 0.1) is 20.7 Å². The summed E-state index contributed by atoms with van der Waals surface area (Å²) < 4.78 is 7.40. The molecule has 7 heteroatoms. The topological polar surface area (TPSA) is 70.9 Å². The van der Waals surface area contributed by atoms with E-state index in [2.05, 4.69) is 42.4 Å². The number of amides is 1. The molecule has 1 amide bonds. The number of hydrogen-bond acceptors (Lipinski definition) is 4. The van der Waals surface area contributed by atoms with Crippen LogP contribution in [0.1, 0.15) is 21.5 Å². The van der Waals surface area contributed by atoms with Crippen LogP contribution in [0.3, 0.4) is 0 Å². The van der Waals surface area contributed by atoms with Crippen LogP contribution in [0.4, 0.5) is 0 Å².